The minimum absolute atomic E-state index is 0.247. The zero-order valence-electron chi connectivity index (χ0n) is 11.3. The molecule has 0 radical (unpaired) electrons. The lowest BCUT2D eigenvalue weighted by molar-refractivity contribution is 0.0994. The normalized spacial score (nSPS) is 18.1. The Morgan fingerprint density at radius 2 is 1.95 bits per heavy atom. The number of piperazine rings is 1. The van der Waals surface area contributed by atoms with Crippen molar-refractivity contribution in [3.8, 4) is 0 Å². The Balaban J connectivity index is 1.96. The van der Waals surface area contributed by atoms with Crippen LogP contribution >= 0.6 is 0 Å². The van der Waals surface area contributed by atoms with Gasteiger partial charge in [0.2, 0.25) is 10.0 Å². The fourth-order valence-corrected chi connectivity index (χ4v) is 2.98. The average Bonchev–Trinajstić information content (AvgIpc) is 2.38. The van der Waals surface area contributed by atoms with Gasteiger partial charge in [0.1, 0.15) is 5.69 Å². The summed E-state index contributed by atoms with van der Waals surface area (Å²) >= 11 is 0. The summed E-state index contributed by atoms with van der Waals surface area (Å²) < 4.78 is 24.3. The lowest BCUT2D eigenvalue weighted by Gasteiger charge is -2.32. The van der Waals surface area contributed by atoms with Crippen LogP contribution in [0.4, 0.5) is 0 Å². The molecule has 0 saturated carbocycles. The number of primary amides is 1. The van der Waals surface area contributed by atoms with E-state index < -0.39 is 15.9 Å². The van der Waals surface area contributed by atoms with E-state index in [0.717, 1.165) is 5.69 Å². The molecule has 0 bridgehead atoms. The first-order chi connectivity index (χ1) is 9.36. The predicted octanol–water partition coefficient (Wildman–Crippen LogP) is -0.742. The molecule has 2 rings (SSSR count). The van der Waals surface area contributed by atoms with Gasteiger partial charge in [-0.25, -0.2) is 13.4 Å². The van der Waals surface area contributed by atoms with E-state index in [1.807, 2.05) is 6.07 Å². The van der Waals surface area contributed by atoms with Crippen LogP contribution in [0.15, 0.2) is 18.2 Å². The monoisotopic (exact) mass is 298 g/mol. The van der Waals surface area contributed by atoms with Gasteiger partial charge in [-0.2, -0.15) is 4.31 Å². The Kier molecular flexibility index (Phi) is 4.36. The molecule has 2 N–H and O–H groups in total. The highest BCUT2D eigenvalue weighted by molar-refractivity contribution is 7.88. The molecule has 0 unspecified atom stereocenters. The van der Waals surface area contributed by atoms with Crippen molar-refractivity contribution >= 4 is 15.9 Å². The number of pyridine rings is 1. The number of sulfonamides is 1. The number of nitrogens with two attached hydrogens (primary N) is 1. The van der Waals surface area contributed by atoms with Gasteiger partial charge in [-0.05, 0) is 12.1 Å². The quantitative estimate of drug-likeness (QED) is 0.789. The highest BCUT2D eigenvalue weighted by Gasteiger charge is 2.23. The molecule has 0 atom stereocenters. The molecule has 1 aromatic rings. The molecule has 1 aliphatic rings. The first-order valence-electron chi connectivity index (χ1n) is 6.29. The predicted molar refractivity (Wildman–Crippen MR) is 74.4 cm³/mol. The molecule has 1 saturated heterocycles. The van der Waals surface area contributed by atoms with Crippen LogP contribution in [0.2, 0.25) is 0 Å². The summed E-state index contributed by atoms with van der Waals surface area (Å²) in [5.41, 5.74) is 6.20. The molecule has 1 amide bonds. The lowest BCUT2D eigenvalue weighted by Crippen LogP contribution is -2.47. The summed E-state index contributed by atoms with van der Waals surface area (Å²) in [6, 6.07) is 5.15. The van der Waals surface area contributed by atoms with Crippen molar-refractivity contribution in [2.45, 2.75) is 6.54 Å². The van der Waals surface area contributed by atoms with E-state index in [1.165, 1.54) is 10.6 Å². The van der Waals surface area contributed by atoms with Gasteiger partial charge in [-0.3, -0.25) is 9.69 Å². The summed E-state index contributed by atoms with van der Waals surface area (Å²) in [5.74, 6) is -0.547. The van der Waals surface area contributed by atoms with Crippen LogP contribution in [0.3, 0.4) is 0 Å². The van der Waals surface area contributed by atoms with Crippen molar-refractivity contribution in [2.75, 3.05) is 32.4 Å². The molecule has 0 aliphatic carbocycles. The molecule has 2 heterocycles. The van der Waals surface area contributed by atoms with Crippen molar-refractivity contribution in [3.05, 3.63) is 29.6 Å². The third-order valence-electron chi connectivity index (χ3n) is 3.25. The maximum atomic E-state index is 11.4. The number of rotatable bonds is 4. The zero-order chi connectivity index (χ0) is 14.8. The summed E-state index contributed by atoms with van der Waals surface area (Å²) in [5, 5.41) is 0. The Morgan fingerprint density at radius 3 is 2.50 bits per heavy atom. The summed E-state index contributed by atoms with van der Waals surface area (Å²) in [4.78, 5) is 17.4. The number of carbonyl (C=O) groups excluding carboxylic acids is 1. The highest BCUT2D eigenvalue weighted by atomic mass is 32.2. The minimum atomic E-state index is -3.11. The standard InChI is InChI=1S/C12H18N4O3S/c1-20(18,19)16-7-5-15(6-8-16)9-10-3-2-4-11(14-10)12(13)17/h2-4H,5-9H2,1H3,(H2,13,17). The molecule has 1 aromatic heterocycles. The van der Waals surface area contributed by atoms with Crippen molar-refractivity contribution in [2.24, 2.45) is 5.73 Å². The third-order valence-corrected chi connectivity index (χ3v) is 4.55. The van der Waals surface area contributed by atoms with Gasteiger partial charge < -0.3 is 5.73 Å². The average molecular weight is 298 g/mol. The van der Waals surface area contributed by atoms with Gasteiger partial charge in [-0.1, -0.05) is 6.07 Å². The number of carbonyl (C=O) groups is 1. The van der Waals surface area contributed by atoms with Crippen LogP contribution in [0.25, 0.3) is 0 Å². The molecule has 1 aliphatic heterocycles. The van der Waals surface area contributed by atoms with Crippen LogP contribution in [0, 0.1) is 0 Å². The summed E-state index contributed by atoms with van der Waals surface area (Å²) in [7, 11) is -3.11. The van der Waals surface area contributed by atoms with Crippen LogP contribution in [-0.4, -0.2) is 60.9 Å². The van der Waals surface area contributed by atoms with Gasteiger partial charge in [0.15, 0.2) is 0 Å². The van der Waals surface area contributed by atoms with E-state index >= 15 is 0 Å². The van der Waals surface area contributed by atoms with Crippen molar-refractivity contribution in [3.63, 3.8) is 0 Å². The molecule has 110 valence electrons. The summed E-state index contributed by atoms with van der Waals surface area (Å²) in [6.07, 6.45) is 1.22. The fraction of sp³-hybridized carbons (Fsp3) is 0.500. The Hall–Kier alpha value is -1.51. The van der Waals surface area contributed by atoms with E-state index in [1.54, 1.807) is 12.1 Å². The smallest absolute Gasteiger partial charge is 0.267 e. The number of amides is 1. The Bertz CT molecular complexity index is 594. The first kappa shape index (κ1) is 14.9. The fourth-order valence-electron chi connectivity index (χ4n) is 2.15. The molecule has 0 aromatic carbocycles. The molecular formula is C12H18N4O3S. The molecule has 1 fully saturated rings. The SMILES string of the molecule is CS(=O)(=O)N1CCN(Cc2cccc(C(N)=O)n2)CC1. The highest BCUT2D eigenvalue weighted by Crippen LogP contribution is 2.09. The largest absolute Gasteiger partial charge is 0.364 e. The van der Waals surface area contributed by atoms with E-state index in [9.17, 15) is 13.2 Å². The molecule has 7 nitrogen and oxygen atoms in total. The lowest BCUT2D eigenvalue weighted by atomic mass is 10.2. The topological polar surface area (TPSA) is 96.6 Å². The molecule has 20 heavy (non-hydrogen) atoms. The second-order valence-electron chi connectivity index (χ2n) is 4.82. The maximum absolute atomic E-state index is 11.4. The number of aromatic nitrogens is 1. The van der Waals surface area contributed by atoms with Crippen molar-refractivity contribution in [1.82, 2.24) is 14.2 Å². The first-order valence-corrected chi connectivity index (χ1v) is 8.14. The number of hydrogen-bond acceptors (Lipinski definition) is 5. The van der Waals surface area contributed by atoms with Crippen LogP contribution in [0.5, 0.6) is 0 Å². The molecule has 0 spiro atoms. The second kappa shape index (κ2) is 5.86. The van der Waals surface area contributed by atoms with Crippen LogP contribution < -0.4 is 5.73 Å². The van der Waals surface area contributed by atoms with Gasteiger partial charge in [0.25, 0.3) is 5.91 Å². The third kappa shape index (κ3) is 3.75. The molecular weight excluding hydrogens is 280 g/mol. The van der Waals surface area contributed by atoms with Crippen molar-refractivity contribution in [1.29, 1.82) is 0 Å². The van der Waals surface area contributed by atoms with Crippen LogP contribution in [0.1, 0.15) is 16.2 Å². The number of hydrogen-bond donors (Lipinski definition) is 1. The Labute approximate surface area is 118 Å². The van der Waals surface area contributed by atoms with Crippen LogP contribution in [-0.2, 0) is 16.6 Å². The molecule has 8 heteroatoms. The van der Waals surface area contributed by atoms with Crippen molar-refractivity contribution < 1.29 is 13.2 Å². The number of nitrogens with zero attached hydrogens (tertiary/aromatic N) is 3. The van der Waals surface area contributed by atoms with E-state index in [2.05, 4.69) is 9.88 Å². The Morgan fingerprint density at radius 1 is 1.30 bits per heavy atom. The van der Waals surface area contributed by atoms with Gasteiger partial charge in [-0.15, -0.1) is 0 Å². The van der Waals surface area contributed by atoms with E-state index in [0.29, 0.717) is 32.7 Å². The maximum Gasteiger partial charge on any atom is 0.267 e. The van der Waals surface area contributed by atoms with E-state index in [4.69, 9.17) is 5.73 Å². The summed E-state index contributed by atoms with van der Waals surface area (Å²) in [6.45, 7) is 2.84. The van der Waals surface area contributed by atoms with Gasteiger partial charge in [0.05, 0.1) is 11.9 Å². The minimum Gasteiger partial charge on any atom is -0.364 e. The zero-order valence-corrected chi connectivity index (χ0v) is 12.1. The van der Waals surface area contributed by atoms with Gasteiger partial charge in [0, 0.05) is 32.7 Å². The van der Waals surface area contributed by atoms with Gasteiger partial charge >= 0.3 is 0 Å². The second-order valence-corrected chi connectivity index (χ2v) is 6.80. The van der Waals surface area contributed by atoms with E-state index in [-0.39, 0.29) is 5.69 Å².